The molecule has 0 aliphatic carbocycles. The molecule has 434 valence electrons. The van der Waals surface area contributed by atoms with Gasteiger partial charge in [0.1, 0.15) is 56.9 Å². The SMILES string of the molecule is C.CCn1nc(C)c(C)c1Cc1nc(C)nc2[nH]c3cc(-c4c(C)noc4C)c(OC)cc3c12.CCn1nc(C)c(C)c1N.COc1cc2c(cc1-c1c(C)noc1C)[nH]c1nc(C)nc(Cl)c12.S=S=S=S=S=S=S=S=S=S=S=S=S. The van der Waals surface area contributed by atoms with E-state index in [1.807, 2.05) is 79.1 Å². The lowest BCUT2D eigenvalue weighted by Gasteiger charge is -2.10. The third kappa shape index (κ3) is 15.3. The number of halogens is 1. The van der Waals surface area contributed by atoms with Gasteiger partial charge in [-0.15, -0.1) is 0 Å². The predicted octanol–water partition coefficient (Wildman–Crippen LogP) is 11.2. The number of hydrogen-bond donors (Lipinski definition) is 3. The monoisotopic (exact) mass is 1360 g/mol. The van der Waals surface area contributed by atoms with E-state index in [0.717, 1.165) is 142 Å². The Morgan fingerprint density at radius 1 is 0.580 bits per heavy atom. The van der Waals surface area contributed by atoms with Gasteiger partial charge in [0.25, 0.3) is 0 Å². The average molecular weight is 1360 g/mol. The topological polar surface area (TPSA) is 215 Å². The normalized spacial score (nSPS) is 10.6. The van der Waals surface area contributed by atoms with E-state index in [2.05, 4.69) is 72.9 Å². The van der Waals surface area contributed by atoms with Gasteiger partial charge >= 0.3 is 0 Å². The summed E-state index contributed by atoms with van der Waals surface area (Å²) in [5.74, 6) is 5.13. The lowest BCUT2D eigenvalue weighted by molar-refractivity contribution is 0.393. The van der Waals surface area contributed by atoms with Gasteiger partial charge in [-0.1, -0.05) is 29.3 Å². The second kappa shape index (κ2) is 30.4. The fraction of sp³-hybridized carbons (Fsp3) is 0.360. The summed E-state index contributed by atoms with van der Waals surface area (Å²) in [6, 6.07) is 8.11. The number of aromatic amines is 2. The van der Waals surface area contributed by atoms with Crippen molar-refractivity contribution in [2.75, 3.05) is 20.0 Å². The number of H-pyrrole nitrogens is 2. The number of hydrogen-bond acceptors (Lipinski definition) is 15. The first-order valence-corrected chi connectivity index (χ1v) is 40.4. The van der Waals surface area contributed by atoms with Crippen LogP contribution in [0.2, 0.25) is 5.15 Å². The second-order valence-corrected chi connectivity index (χ2v) is 37.2. The molecule has 81 heavy (non-hydrogen) atoms. The van der Waals surface area contributed by atoms with E-state index >= 15 is 0 Å². The molecule has 4 N–H and O–H groups in total. The van der Waals surface area contributed by atoms with Crippen molar-refractivity contribution in [2.24, 2.45) is 0 Å². The number of anilines is 1. The second-order valence-electron chi connectivity index (χ2n) is 17.4. The fourth-order valence-corrected chi connectivity index (χ4v) is 33.9. The number of nitrogens with two attached hydrogens (primary N) is 1. The highest BCUT2D eigenvalue weighted by Crippen LogP contribution is 2.42. The van der Waals surface area contributed by atoms with Gasteiger partial charge in [0.2, 0.25) is 0 Å². The summed E-state index contributed by atoms with van der Waals surface area (Å²) >= 11 is 15.7. The van der Waals surface area contributed by atoms with Crippen LogP contribution in [0.15, 0.2) is 33.3 Å². The van der Waals surface area contributed by atoms with Gasteiger partial charge < -0.3 is 34.2 Å². The number of fused-ring (bicyclic) bond motifs is 6. The molecule has 10 rings (SSSR count). The zero-order chi connectivity index (χ0) is 57.9. The van der Waals surface area contributed by atoms with Crippen LogP contribution in [0.1, 0.15) is 89.7 Å². The van der Waals surface area contributed by atoms with Gasteiger partial charge in [-0.25, -0.2) is 24.6 Å². The molecule has 0 atom stereocenters. The summed E-state index contributed by atoms with van der Waals surface area (Å²) in [5.41, 5.74) is 21.1. The molecule has 17 nitrogen and oxygen atoms in total. The van der Waals surface area contributed by atoms with Crippen LogP contribution >= 0.6 is 11.6 Å². The summed E-state index contributed by atoms with van der Waals surface area (Å²) in [5, 5.41) is 21.2. The number of rotatable bonds is 8. The molecule has 31 heteroatoms. The molecule has 8 aromatic heterocycles. The van der Waals surface area contributed by atoms with Gasteiger partial charge in [0.05, 0.1) is 59.2 Å². The van der Waals surface area contributed by atoms with Gasteiger partial charge in [-0.05, 0) is 113 Å². The highest BCUT2D eigenvalue weighted by Gasteiger charge is 2.23. The minimum absolute atomic E-state index is 0. The minimum atomic E-state index is 0. The first-order valence-electron chi connectivity index (χ1n) is 24.1. The fourth-order valence-electron chi connectivity index (χ4n) is 8.89. The number of aryl methyl sites for hydroxylation is 10. The third-order valence-electron chi connectivity index (χ3n) is 12.6. The molecule has 0 bridgehead atoms. The molecule has 2 aromatic carbocycles. The van der Waals surface area contributed by atoms with Crippen LogP contribution in [-0.2, 0) is 140 Å². The summed E-state index contributed by atoms with van der Waals surface area (Å²) in [6.45, 7) is 25.3. The Labute approximate surface area is 515 Å². The zero-order valence-corrected chi connectivity index (χ0v) is 57.2. The largest absolute Gasteiger partial charge is 0.496 e. The molecular formula is C50H60ClN13O4S13. The Kier molecular flexibility index (Phi) is 24.7. The van der Waals surface area contributed by atoms with Crippen LogP contribution in [-0.4, -0.2) is 74.0 Å². The number of ether oxygens (including phenoxy) is 2. The first-order chi connectivity index (χ1) is 38.4. The molecular weight excluding hydrogens is 1300 g/mol. The third-order valence-corrected chi connectivity index (χ3v) is 35.1. The lowest BCUT2D eigenvalue weighted by atomic mass is 10.00. The van der Waals surface area contributed by atoms with E-state index in [9.17, 15) is 0 Å². The van der Waals surface area contributed by atoms with Crippen LogP contribution < -0.4 is 15.2 Å². The van der Waals surface area contributed by atoms with Crippen molar-refractivity contribution in [3.8, 4) is 33.8 Å². The summed E-state index contributed by atoms with van der Waals surface area (Å²) < 4.78 is 26.0. The molecule has 0 aliphatic rings. The summed E-state index contributed by atoms with van der Waals surface area (Å²) in [6.07, 6.45) is 0.682. The van der Waals surface area contributed by atoms with Crippen LogP contribution in [0.5, 0.6) is 11.5 Å². The number of nitrogens with zero attached hydrogens (tertiary/aromatic N) is 10. The molecule has 0 amide bonds. The number of methoxy groups -OCH3 is 2. The van der Waals surface area contributed by atoms with E-state index in [1.54, 1.807) is 94.1 Å². The van der Waals surface area contributed by atoms with Crippen molar-refractivity contribution in [2.45, 2.75) is 110 Å². The average Bonchev–Trinajstić information content (AvgIpc) is 4.49. The standard InChI is InChI=1S/C25H28N6O2.C17H15ClN4O2.C7H13N3.CH4.S13/c1-8-31-21(12(2)13(3)29-31)11-20-24-17-10-22(32-7)18(23-14(4)30-33-15(23)5)9-19(17)28-25(24)27-16(6)26-20;1-7-14(8(2)24-22-7)11-5-12-10(6-13(11)23-4)15-16(18)19-9(3)20-17(15)21-12;1-4-10-7(8)5(2)6(3)9-10;;1-3-5-7-9-11-13-12-10-8-6-4-2/h9-10H,8,11H2,1-7H3,(H,26,27,28);5-6H,1-4H3,(H,19,20,21);4,8H2,1-3H3;1H4;. The van der Waals surface area contributed by atoms with Crippen LogP contribution in [0.4, 0.5) is 5.82 Å². The lowest BCUT2D eigenvalue weighted by Crippen LogP contribution is -2.06. The van der Waals surface area contributed by atoms with Crippen LogP contribution in [0, 0.1) is 69.2 Å². The van der Waals surface area contributed by atoms with Gasteiger partial charge in [0.15, 0.2) is 0 Å². The Balaban J connectivity index is 0.000000192. The van der Waals surface area contributed by atoms with Crippen LogP contribution in [0.3, 0.4) is 0 Å². The van der Waals surface area contributed by atoms with Crippen molar-refractivity contribution < 1.29 is 18.5 Å². The quantitative estimate of drug-likeness (QED) is 0.121. The number of benzene rings is 2. The van der Waals surface area contributed by atoms with Gasteiger partial charge in [0, 0.05) is 189 Å². The van der Waals surface area contributed by atoms with E-state index < -0.39 is 0 Å². The molecule has 0 saturated heterocycles. The molecule has 0 saturated carbocycles. The Hall–Kier alpha value is -4.41. The maximum absolute atomic E-state index is 6.33. The number of aromatic nitrogens is 12. The van der Waals surface area contributed by atoms with Gasteiger partial charge in [-0.2, -0.15) is 10.2 Å². The zero-order valence-electron chi connectivity index (χ0n) is 45.8. The summed E-state index contributed by atoms with van der Waals surface area (Å²) in [7, 11) is 21.4. The van der Waals surface area contributed by atoms with Crippen molar-refractivity contribution in [1.29, 1.82) is 0 Å². The molecule has 0 radical (unpaired) electrons. The Bertz CT molecular complexity index is 4430. The van der Waals surface area contributed by atoms with Crippen molar-refractivity contribution >= 4 is 181 Å². The maximum Gasteiger partial charge on any atom is 0.143 e. The molecule has 0 fully saturated rings. The van der Waals surface area contributed by atoms with Crippen molar-refractivity contribution in [3.63, 3.8) is 0 Å². The number of nitrogens with one attached hydrogen (secondary N) is 2. The van der Waals surface area contributed by atoms with E-state index in [0.29, 0.717) is 23.0 Å². The predicted molar refractivity (Wildman–Crippen MR) is 365 cm³/mol. The van der Waals surface area contributed by atoms with E-state index in [1.165, 1.54) is 29.0 Å². The van der Waals surface area contributed by atoms with Crippen molar-refractivity contribution in [3.05, 3.63) is 97.9 Å². The molecule has 0 unspecified atom stereocenters. The smallest absolute Gasteiger partial charge is 0.143 e. The Morgan fingerprint density at radius 3 is 1.42 bits per heavy atom. The Morgan fingerprint density at radius 2 is 1.01 bits per heavy atom. The van der Waals surface area contributed by atoms with Crippen molar-refractivity contribution in [1.82, 2.24) is 59.8 Å². The van der Waals surface area contributed by atoms with E-state index in [-0.39, 0.29) is 7.43 Å². The number of nitrogen functional groups attached to an aromatic ring is 1. The molecule has 0 aliphatic heterocycles. The van der Waals surface area contributed by atoms with Gasteiger partial charge in [-0.3, -0.25) is 4.68 Å². The van der Waals surface area contributed by atoms with Crippen LogP contribution in [0.25, 0.3) is 66.1 Å². The highest BCUT2D eigenvalue weighted by molar-refractivity contribution is 8.75. The minimum Gasteiger partial charge on any atom is -0.496 e. The molecule has 0 spiro atoms. The van der Waals surface area contributed by atoms with E-state index in [4.69, 9.17) is 73.3 Å². The maximum atomic E-state index is 6.33. The molecule has 10 aromatic rings. The highest BCUT2D eigenvalue weighted by atomic mass is 35.5. The first kappa shape index (κ1) is 65.7. The summed E-state index contributed by atoms with van der Waals surface area (Å²) in [4.78, 5) is 25.1. The molecule has 8 heterocycles.